The average molecular weight is 201 g/mol. The Bertz CT molecular complexity index is 161. The molecule has 0 radical (unpaired) electrons. The van der Waals surface area contributed by atoms with Crippen LogP contribution in [0.1, 0.15) is 33.1 Å². The third kappa shape index (κ3) is 4.40. The van der Waals surface area contributed by atoms with Gasteiger partial charge in [-0.1, -0.05) is 0 Å². The molecule has 3 atom stereocenters. The van der Waals surface area contributed by atoms with Crippen LogP contribution in [-0.4, -0.2) is 48.5 Å². The number of rotatable bonds is 5. The normalized spacial score (nSPS) is 29.8. The zero-order chi connectivity index (χ0) is 10.6. The fourth-order valence-electron chi connectivity index (χ4n) is 1.87. The van der Waals surface area contributed by atoms with Crippen molar-refractivity contribution < 1.29 is 9.84 Å². The maximum absolute atomic E-state index is 9.15. The van der Waals surface area contributed by atoms with Gasteiger partial charge in [0.15, 0.2) is 0 Å². The number of ether oxygens (including phenoxy) is 1. The molecule has 0 aliphatic carbocycles. The molecule has 0 saturated carbocycles. The minimum Gasteiger partial charge on any atom is -0.393 e. The second kappa shape index (κ2) is 5.69. The standard InChI is InChI=1S/C11H23NO2/c1-9(13)6-7-12(3)8-11-5-4-10(2)14-11/h9-11,13H,4-8H2,1-3H3. The summed E-state index contributed by atoms with van der Waals surface area (Å²) in [6, 6.07) is 0. The summed E-state index contributed by atoms with van der Waals surface area (Å²) >= 11 is 0. The van der Waals surface area contributed by atoms with E-state index in [0.29, 0.717) is 12.2 Å². The van der Waals surface area contributed by atoms with Gasteiger partial charge in [0, 0.05) is 13.1 Å². The molecule has 14 heavy (non-hydrogen) atoms. The topological polar surface area (TPSA) is 32.7 Å². The summed E-state index contributed by atoms with van der Waals surface area (Å²) in [4.78, 5) is 2.25. The number of nitrogens with zero attached hydrogens (tertiary/aromatic N) is 1. The summed E-state index contributed by atoms with van der Waals surface area (Å²) in [6.07, 6.45) is 3.86. The molecule has 1 saturated heterocycles. The van der Waals surface area contributed by atoms with Crippen LogP contribution in [0.5, 0.6) is 0 Å². The highest BCUT2D eigenvalue weighted by Gasteiger charge is 2.22. The van der Waals surface area contributed by atoms with Crippen molar-refractivity contribution in [2.24, 2.45) is 0 Å². The van der Waals surface area contributed by atoms with Gasteiger partial charge >= 0.3 is 0 Å². The second-order valence-electron chi connectivity index (χ2n) is 4.55. The van der Waals surface area contributed by atoms with Crippen molar-refractivity contribution in [1.29, 1.82) is 0 Å². The summed E-state index contributed by atoms with van der Waals surface area (Å²) in [5.74, 6) is 0. The summed E-state index contributed by atoms with van der Waals surface area (Å²) in [6.45, 7) is 5.92. The second-order valence-corrected chi connectivity index (χ2v) is 4.55. The molecule has 84 valence electrons. The number of likely N-dealkylation sites (N-methyl/N-ethyl adjacent to an activating group) is 1. The van der Waals surface area contributed by atoms with Crippen molar-refractivity contribution in [3.63, 3.8) is 0 Å². The van der Waals surface area contributed by atoms with Gasteiger partial charge < -0.3 is 14.7 Å². The lowest BCUT2D eigenvalue weighted by molar-refractivity contribution is 0.0340. The Balaban J connectivity index is 2.10. The quantitative estimate of drug-likeness (QED) is 0.727. The lowest BCUT2D eigenvalue weighted by atomic mass is 10.2. The molecule has 1 heterocycles. The van der Waals surface area contributed by atoms with E-state index < -0.39 is 0 Å². The van der Waals surface area contributed by atoms with Gasteiger partial charge in [-0.15, -0.1) is 0 Å². The van der Waals surface area contributed by atoms with Gasteiger partial charge in [0.05, 0.1) is 18.3 Å². The fourth-order valence-corrected chi connectivity index (χ4v) is 1.87. The zero-order valence-electron chi connectivity index (χ0n) is 9.57. The van der Waals surface area contributed by atoms with Crippen molar-refractivity contribution in [2.45, 2.75) is 51.4 Å². The molecule has 3 unspecified atom stereocenters. The van der Waals surface area contributed by atoms with E-state index in [2.05, 4.69) is 18.9 Å². The Hall–Kier alpha value is -0.120. The molecule has 1 aliphatic rings. The van der Waals surface area contributed by atoms with Crippen LogP contribution in [0.2, 0.25) is 0 Å². The van der Waals surface area contributed by atoms with Gasteiger partial charge in [-0.2, -0.15) is 0 Å². The highest BCUT2D eigenvalue weighted by molar-refractivity contribution is 4.73. The highest BCUT2D eigenvalue weighted by atomic mass is 16.5. The molecule has 3 nitrogen and oxygen atoms in total. The molecule has 0 aromatic rings. The SMILES string of the molecule is CC(O)CCN(C)CC1CCC(C)O1. The number of aliphatic hydroxyl groups excluding tert-OH is 1. The predicted octanol–water partition coefficient (Wildman–Crippen LogP) is 1.26. The summed E-state index contributed by atoms with van der Waals surface area (Å²) in [5.41, 5.74) is 0. The molecular weight excluding hydrogens is 178 g/mol. The van der Waals surface area contributed by atoms with Crippen molar-refractivity contribution in [3.05, 3.63) is 0 Å². The molecular formula is C11H23NO2. The van der Waals surface area contributed by atoms with Crippen LogP contribution in [0.4, 0.5) is 0 Å². The number of hydrogen-bond acceptors (Lipinski definition) is 3. The van der Waals surface area contributed by atoms with Crippen molar-refractivity contribution in [2.75, 3.05) is 20.1 Å². The number of hydrogen-bond donors (Lipinski definition) is 1. The molecule has 0 aromatic heterocycles. The van der Waals surface area contributed by atoms with Crippen molar-refractivity contribution >= 4 is 0 Å². The lowest BCUT2D eigenvalue weighted by Crippen LogP contribution is -2.31. The molecule has 1 rings (SSSR count). The first-order valence-electron chi connectivity index (χ1n) is 5.60. The first kappa shape index (κ1) is 12.0. The van der Waals surface area contributed by atoms with Gasteiger partial charge in [0.2, 0.25) is 0 Å². The minimum atomic E-state index is -0.194. The summed E-state index contributed by atoms with van der Waals surface area (Å²) < 4.78 is 5.73. The van der Waals surface area contributed by atoms with E-state index in [9.17, 15) is 0 Å². The highest BCUT2D eigenvalue weighted by Crippen LogP contribution is 2.19. The number of aliphatic hydroxyl groups is 1. The molecule has 1 N–H and O–H groups in total. The summed E-state index contributed by atoms with van der Waals surface area (Å²) in [7, 11) is 2.09. The largest absolute Gasteiger partial charge is 0.393 e. The van der Waals surface area contributed by atoms with Crippen LogP contribution in [0, 0.1) is 0 Å². The summed E-state index contributed by atoms with van der Waals surface area (Å²) in [5, 5.41) is 9.15. The Labute approximate surface area is 87.1 Å². The van der Waals surface area contributed by atoms with Gasteiger partial charge in [0.25, 0.3) is 0 Å². The van der Waals surface area contributed by atoms with Gasteiger partial charge in [-0.05, 0) is 40.2 Å². The van der Waals surface area contributed by atoms with Crippen LogP contribution in [0.25, 0.3) is 0 Å². The molecule has 0 bridgehead atoms. The van der Waals surface area contributed by atoms with E-state index in [1.54, 1.807) is 0 Å². The Morgan fingerprint density at radius 2 is 2.21 bits per heavy atom. The third-order valence-electron chi connectivity index (χ3n) is 2.76. The van der Waals surface area contributed by atoms with E-state index in [-0.39, 0.29) is 6.10 Å². The molecule has 1 fully saturated rings. The fraction of sp³-hybridized carbons (Fsp3) is 1.00. The van der Waals surface area contributed by atoms with Crippen LogP contribution < -0.4 is 0 Å². The van der Waals surface area contributed by atoms with Gasteiger partial charge in [-0.25, -0.2) is 0 Å². The van der Waals surface area contributed by atoms with Crippen LogP contribution in [0.3, 0.4) is 0 Å². The van der Waals surface area contributed by atoms with Crippen molar-refractivity contribution in [3.8, 4) is 0 Å². The van der Waals surface area contributed by atoms with E-state index in [0.717, 1.165) is 19.5 Å². The van der Waals surface area contributed by atoms with E-state index in [1.165, 1.54) is 12.8 Å². The minimum absolute atomic E-state index is 0.194. The Morgan fingerprint density at radius 3 is 2.71 bits per heavy atom. The Morgan fingerprint density at radius 1 is 1.50 bits per heavy atom. The first-order valence-corrected chi connectivity index (χ1v) is 5.60. The van der Waals surface area contributed by atoms with E-state index >= 15 is 0 Å². The van der Waals surface area contributed by atoms with Gasteiger partial charge in [0.1, 0.15) is 0 Å². The van der Waals surface area contributed by atoms with Crippen LogP contribution >= 0.6 is 0 Å². The van der Waals surface area contributed by atoms with E-state index in [4.69, 9.17) is 9.84 Å². The third-order valence-corrected chi connectivity index (χ3v) is 2.76. The average Bonchev–Trinajstić information content (AvgIpc) is 2.48. The first-order chi connectivity index (χ1) is 6.58. The maximum Gasteiger partial charge on any atom is 0.0706 e. The smallest absolute Gasteiger partial charge is 0.0706 e. The molecule has 0 amide bonds. The predicted molar refractivity (Wildman–Crippen MR) is 57.4 cm³/mol. The maximum atomic E-state index is 9.15. The Kier molecular flexibility index (Phi) is 4.85. The molecule has 3 heteroatoms. The zero-order valence-corrected chi connectivity index (χ0v) is 9.57. The molecule has 0 spiro atoms. The van der Waals surface area contributed by atoms with Crippen molar-refractivity contribution in [1.82, 2.24) is 4.90 Å². The van der Waals surface area contributed by atoms with Crippen LogP contribution in [-0.2, 0) is 4.74 Å². The van der Waals surface area contributed by atoms with Crippen LogP contribution in [0.15, 0.2) is 0 Å². The van der Waals surface area contributed by atoms with E-state index in [1.807, 2.05) is 6.92 Å². The monoisotopic (exact) mass is 201 g/mol. The van der Waals surface area contributed by atoms with Gasteiger partial charge in [-0.3, -0.25) is 0 Å². The molecule has 0 aromatic carbocycles. The lowest BCUT2D eigenvalue weighted by Gasteiger charge is -2.21. The molecule has 1 aliphatic heterocycles.